The number of hydrogen-bond donors (Lipinski definition) is 10. The van der Waals surface area contributed by atoms with Crippen LogP contribution in [-0.4, -0.2) is 140 Å². The van der Waals surface area contributed by atoms with E-state index in [4.69, 9.17) is 24.6 Å². The van der Waals surface area contributed by atoms with Crippen LogP contribution in [0.1, 0.15) is 39.3 Å². The molecule has 0 spiro atoms. The maximum absolute atomic E-state index is 12.7. The molecule has 0 aliphatic carbocycles. The van der Waals surface area contributed by atoms with Crippen molar-refractivity contribution >= 4 is 80.9 Å². The van der Waals surface area contributed by atoms with Gasteiger partial charge in [0.1, 0.15) is 42.7 Å². The van der Waals surface area contributed by atoms with E-state index in [1.165, 1.54) is 13.8 Å². The lowest BCUT2D eigenvalue weighted by Crippen LogP contribution is -2.46. The fourth-order valence-corrected chi connectivity index (χ4v) is 8.26. The quantitative estimate of drug-likeness (QED) is 0.0331. The van der Waals surface area contributed by atoms with Gasteiger partial charge in [0.05, 0.1) is 26.0 Å². The lowest BCUT2D eigenvalue weighted by molar-refractivity contribution is -0.140. The largest absolute Gasteiger partial charge is 0.481 e. The van der Waals surface area contributed by atoms with Crippen molar-refractivity contribution in [1.29, 1.82) is 0 Å². The number of phosphoric ester groups is 3. The molecule has 7 atom stereocenters. The van der Waals surface area contributed by atoms with E-state index in [1.54, 1.807) is 0 Å². The third kappa shape index (κ3) is 15.1. The number of aliphatic hydroxyl groups excluding tert-OH is 2. The number of phosphoric acid groups is 3. The molecule has 2 aromatic rings. The van der Waals surface area contributed by atoms with E-state index in [0.29, 0.717) is 11.8 Å². The second kappa shape index (κ2) is 20.1. The first-order chi connectivity index (χ1) is 26.3. The van der Waals surface area contributed by atoms with Crippen LogP contribution >= 0.6 is 35.2 Å². The van der Waals surface area contributed by atoms with Gasteiger partial charge in [0.2, 0.25) is 11.8 Å². The number of hydrogen-bond acceptors (Lipinski definition) is 20. The molecule has 57 heavy (non-hydrogen) atoms. The average molecular weight is 896 g/mol. The van der Waals surface area contributed by atoms with Crippen molar-refractivity contribution in [3.8, 4) is 0 Å². The summed E-state index contributed by atoms with van der Waals surface area (Å²) in [7, 11) is -16.5. The van der Waals surface area contributed by atoms with Crippen LogP contribution in [0.4, 0.5) is 5.82 Å². The van der Waals surface area contributed by atoms with Gasteiger partial charge in [0.25, 0.3) is 0 Å². The van der Waals surface area contributed by atoms with Crippen molar-refractivity contribution in [3.63, 3.8) is 0 Å². The number of carbonyl (C=O) groups excluding carboxylic acids is 4. The number of rotatable bonds is 23. The summed E-state index contributed by atoms with van der Waals surface area (Å²) >= 11 is 0.712. The van der Waals surface area contributed by atoms with Gasteiger partial charge in [-0.3, -0.25) is 42.1 Å². The molecule has 11 N–H and O–H groups in total. The normalized spacial score (nSPS) is 21.3. The zero-order chi connectivity index (χ0) is 42.9. The highest BCUT2D eigenvalue weighted by Crippen LogP contribution is 2.61. The molecule has 1 fully saturated rings. The highest BCUT2D eigenvalue weighted by molar-refractivity contribution is 8.13. The number of nitrogens with two attached hydrogens (primary N) is 1. The Bertz CT molecular complexity index is 1950. The maximum Gasteiger partial charge on any atom is 0.481 e. The average Bonchev–Trinajstić information content (AvgIpc) is 3.64. The minimum absolute atomic E-state index is 0.00174. The molecule has 320 valence electrons. The number of aliphatic carboxylic acids is 1. The number of carboxylic acid groups (broad SMARTS) is 1. The molecule has 31 heteroatoms. The Kier molecular flexibility index (Phi) is 17.0. The number of imidazole rings is 1. The Morgan fingerprint density at radius 2 is 1.68 bits per heavy atom. The third-order valence-corrected chi connectivity index (χ3v) is 11.4. The highest BCUT2D eigenvalue weighted by atomic mass is 32.2. The molecule has 3 unspecified atom stereocenters. The summed E-state index contributed by atoms with van der Waals surface area (Å²) in [5.41, 5.74) is 4.16. The molecule has 3 heterocycles. The second-order valence-electron chi connectivity index (χ2n) is 12.6. The Balaban J connectivity index is 1.47. The zero-order valence-electron chi connectivity index (χ0n) is 29.8. The number of thioether (sulfide) groups is 1. The first-order valence-electron chi connectivity index (χ1n) is 16.1. The van der Waals surface area contributed by atoms with Crippen LogP contribution in [0.5, 0.6) is 0 Å². The predicted octanol–water partition coefficient (Wildman–Crippen LogP) is -1.90. The molecule has 2 aromatic heterocycles. The van der Waals surface area contributed by atoms with Crippen LogP contribution in [0.2, 0.25) is 0 Å². The SMILES string of the molecule is CC(C)(COP(=O)(O)OP(=O)(O)OC[C@H]1O[C@@H](n2cnc3c(N)ncnc32)[C@H](O)[C@@H]1OP(=O)(O)O)C(O)C(=O)NCCC(=O)NCCSC(=O)CC(=O)CC(=O)O. The summed E-state index contributed by atoms with van der Waals surface area (Å²) in [5.74, 6) is -3.72. The van der Waals surface area contributed by atoms with Gasteiger partial charge in [0, 0.05) is 30.7 Å². The number of aromatic nitrogens is 4. The van der Waals surface area contributed by atoms with Crippen molar-refractivity contribution in [2.24, 2.45) is 5.41 Å². The van der Waals surface area contributed by atoms with Crippen LogP contribution in [0.3, 0.4) is 0 Å². The Morgan fingerprint density at radius 3 is 2.33 bits per heavy atom. The minimum atomic E-state index is -5.60. The number of nitrogens with zero attached hydrogens (tertiary/aromatic N) is 4. The number of ketones is 1. The Morgan fingerprint density at radius 1 is 1.02 bits per heavy atom. The van der Waals surface area contributed by atoms with E-state index in [0.717, 1.165) is 17.2 Å². The molecule has 2 amide bonds. The van der Waals surface area contributed by atoms with Crippen molar-refractivity contribution in [3.05, 3.63) is 12.7 Å². The van der Waals surface area contributed by atoms with E-state index in [2.05, 4.69) is 34.4 Å². The zero-order valence-corrected chi connectivity index (χ0v) is 33.3. The topological polar surface area (TPSA) is 418 Å². The van der Waals surface area contributed by atoms with E-state index in [1.807, 2.05) is 0 Å². The summed E-state index contributed by atoms with van der Waals surface area (Å²) in [6, 6.07) is 0. The van der Waals surface area contributed by atoms with Crippen molar-refractivity contribution < 1.29 is 95.2 Å². The van der Waals surface area contributed by atoms with E-state index >= 15 is 0 Å². The number of ether oxygens (including phenoxy) is 1. The number of Topliss-reactive ketones (excluding diaryl/α,β-unsaturated/α-hetero) is 1. The monoisotopic (exact) mass is 895 g/mol. The molecular weight excluding hydrogens is 855 g/mol. The smallest absolute Gasteiger partial charge is 0.481 e. The van der Waals surface area contributed by atoms with Crippen molar-refractivity contribution in [1.82, 2.24) is 30.2 Å². The van der Waals surface area contributed by atoms with Crippen LogP contribution in [0, 0.1) is 5.41 Å². The number of fused-ring (bicyclic) bond motifs is 1. The lowest BCUT2D eigenvalue weighted by Gasteiger charge is -2.30. The van der Waals surface area contributed by atoms with Crippen molar-refractivity contribution in [2.45, 2.75) is 63.8 Å². The molecule has 0 bridgehead atoms. The number of anilines is 1. The molecule has 1 aliphatic heterocycles. The van der Waals surface area contributed by atoms with Gasteiger partial charge in [-0.15, -0.1) is 0 Å². The molecular formula is C26H40N7O20P3S. The van der Waals surface area contributed by atoms with E-state index in [9.17, 15) is 67.5 Å². The predicted molar refractivity (Wildman–Crippen MR) is 189 cm³/mol. The molecule has 27 nitrogen and oxygen atoms in total. The molecule has 3 rings (SSSR count). The van der Waals surface area contributed by atoms with Gasteiger partial charge < -0.3 is 56.0 Å². The molecule has 1 aliphatic rings. The van der Waals surface area contributed by atoms with Gasteiger partial charge in [-0.25, -0.2) is 28.6 Å². The number of amides is 2. The van der Waals surface area contributed by atoms with Gasteiger partial charge >= 0.3 is 29.4 Å². The summed E-state index contributed by atoms with van der Waals surface area (Å²) < 4.78 is 61.9. The molecule has 0 aromatic carbocycles. The molecule has 0 radical (unpaired) electrons. The third-order valence-electron chi connectivity index (χ3n) is 7.45. The standard InChI is InChI=1S/C26H40N7O20P3S/c1-26(2,21(40)24(41)29-4-3-15(35)28-5-6-57-17(38)8-13(34)7-16(36)37)10-50-56(47,48)53-55(45,46)49-9-14-20(52-54(42,43)44)19(39)25(51-14)33-12-32-18-22(27)30-11-31-23(18)33/h11-12,14,19-21,25,39-40H,3-10H2,1-2H3,(H,28,35)(H,29,41)(H,36,37)(H,45,46)(H,47,48)(H2,27,30,31)(H2,42,43,44)/t14-,19-,20-,21?,25-/m1/s1. The lowest BCUT2D eigenvalue weighted by atomic mass is 9.87. The number of carbonyl (C=O) groups is 5. The van der Waals surface area contributed by atoms with Crippen LogP contribution in [0.25, 0.3) is 11.2 Å². The first-order valence-corrected chi connectivity index (χ1v) is 21.6. The van der Waals surface area contributed by atoms with Gasteiger partial charge in [-0.1, -0.05) is 25.6 Å². The fraction of sp³-hybridized carbons (Fsp3) is 0.615. The van der Waals surface area contributed by atoms with E-state index < -0.39 is 114 Å². The van der Waals surface area contributed by atoms with Gasteiger partial charge in [-0.05, 0) is 0 Å². The first kappa shape index (κ1) is 48.1. The summed E-state index contributed by atoms with van der Waals surface area (Å²) in [5, 5.41) is 34.1. The van der Waals surface area contributed by atoms with Crippen LogP contribution in [-0.2, 0) is 60.3 Å². The summed E-state index contributed by atoms with van der Waals surface area (Å²) in [4.78, 5) is 109. The number of aliphatic hydroxyl groups is 2. The molecule has 1 saturated heterocycles. The minimum Gasteiger partial charge on any atom is -0.481 e. The molecule has 0 saturated carbocycles. The fourth-order valence-electron chi connectivity index (χ4n) is 4.74. The number of nitrogen functional groups attached to an aromatic ring is 1. The van der Waals surface area contributed by atoms with Crippen LogP contribution in [0.15, 0.2) is 12.7 Å². The van der Waals surface area contributed by atoms with Crippen LogP contribution < -0.4 is 16.4 Å². The van der Waals surface area contributed by atoms with E-state index in [-0.39, 0.29) is 42.2 Å². The Hall–Kier alpha value is -3.30. The van der Waals surface area contributed by atoms with Gasteiger partial charge in [0.15, 0.2) is 28.6 Å². The maximum atomic E-state index is 12.7. The van der Waals surface area contributed by atoms with Gasteiger partial charge in [-0.2, -0.15) is 4.31 Å². The number of nitrogens with one attached hydrogen (secondary N) is 2. The summed E-state index contributed by atoms with van der Waals surface area (Å²) in [6.45, 7) is 0.0342. The summed E-state index contributed by atoms with van der Waals surface area (Å²) in [6.07, 6.45) is -8.56. The number of carboxylic acids is 1. The second-order valence-corrected chi connectivity index (χ2v) is 18.0. The highest BCUT2D eigenvalue weighted by Gasteiger charge is 2.50. The Labute approximate surface area is 325 Å². The van der Waals surface area contributed by atoms with Crippen molar-refractivity contribution in [2.75, 3.05) is 37.8 Å².